The van der Waals surface area contributed by atoms with Crippen molar-refractivity contribution in [2.24, 2.45) is 0 Å². The van der Waals surface area contributed by atoms with Gasteiger partial charge in [-0.3, -0.25) is 4.79 Å². The Kier molecular flexibility index (Phi) is 6.08. The first kappa shape index (κ1) is 15.2. The van der Waals surface area contributed by atoms with Crippen molar-refractivity contribution in [3.8, 4) is 5.75 Å². The number of nitrogens with one attached hydrogen (secondary N) is 1. The second-order valence-corrected chi connectivity index (χ2v) is 4.45. The maximum atomic E-state index is 11.6. The van der Waals surface area contributed by atoms with Gasteiger partial charge in [-0.25, -0.2) is 4.79 Å². The van der Waals surface area contributed by atoms with Gasteiger partial charge in [0.05, 0.1) is 13.7 Å². The lowest BCUT2D eigenvalue weighted by molar-refractivity contribution is -0.148. The number of hydrogen-bond donors (Lipinski definition) is 1. The minimum Gasteiger partial charge on any atom is -0.477 e. The zero-order chi connectivity index (χ0) is 14.3. The highest BCUT2D eigenvalue weighted by molar-refractivity contribution is 9.10. The fourth-order valence-corrected chi connectivity index (χ4v) is 1.51. The molecule has 1 aromatic rings. The zero-order valence-electron chi connectivity index (χ0n) is 10.4. The third-order valence-corrected chi connectivity index (χ3v) is 2.73. The maximum absolute atomic E-state index is 11.6. The van der Waals surface area contributed by atoms with Crippen molar-refractivity contribution in [1.29, 1.82) is 0 Å². The monoisotopic (exact) mass is 327 g/mol. The van der Waals surface area contributed by atoms with E-state index in [1.807, 2.05) is 0 Å². The molecule has 1 atom stereocenters. The summed E-state index contributed by atoms with van der Waals surface area (Å²) in [5.41, 5.74) is 0. The molecular formula is C13H14BrNO4. The van der Waals surface area contributed by atoms with E-state index in [1.54, 1.807) is 24.3 Å². The Morgan fingerprint density at radius 1 is 1.42 bits per heavy atom. The molecule has 1 rings (SSSR count). The largest absolute Gasteiger partial charge is 0.477 e. The van der Waals surface area contributed by atoms with Gasteiger partial charge in [-0.2, -0.15) is 0 Å². The lowest BCUT2D eigenvalue weighted by atomic mass is 10.3. The molecule has 0 bridgehead atoms. The Hall–Kier alpha value is -1.82. The lowest BCUT2D eigenvalue weighted by Gasteiger charge is -2.17. The van der Waals surface area contributed by atoms with Crippen molar-refractivity contribution >= 4 is 27.8 Å². The highest BCUT2D eigenvalue weighted by Crippen LogP contribution is 2.17. The quantitative estimate of drug-likeness (QED) is 0.637. The molecule has 102 valence electrons. The molecule has 1 unspecified atom stereocenters. The third-order valence-electron chi connectivity index (χ3n) is 2.20. The fraction of sp³-hybridized carbons (Fsp3) is 0.231. The molecule has 19 heavy (non-hydrogen) atoms. The van der Waals surface area contributed by atoms with Gasteiger partial charge in [-0.15, -0.1) is 0 Å². The maximum Gasteiger partial charge on any atom is 0.348 e. The summed E-state index contributed by atoms with van der Waals surface area (Å²) in [4.78, 5) is 22.6. The lowest BCUT2D eigenvalue weighted by Crippen LogP contribution is -2.40. The summed E-state index contributed by atoms with van der Waals surface area (Å²) >= 11 is 3.30. The van der Waals surface area contributed by atoms with Gasteiger partial charge in [0.15, 0.2) is 0 Å². The van der Waals surface area contributed by atoms with Gasteiger partial charge in [0, 0.05) is 4.47 Å². The summed E-state index contributed by atoms with van der Waals surface area (Å²) in [5, 5.41) is 2.49. The molecule has 0 saturated heterocycles. The third kappa shape index (κ3) is 5.13. The average molecular weight is 328 g/mol. The van der Waals surface area contributed by atoms with Crippen molar-refractivity contribution in [3.63, 3.8) is 0 Å². The Morgan fingerprint density at radius 2 is 2.05 bits per heavy atom. The molecule has 0 heterocycles. The number of halogens is 1. The van der Waals surface area contributed by atoms with Crippen LogP contribution in [0.1, 0.15) is 0 Å². The standard InChI is InChI=1S/C13H14BrNO4/c1-3-12(16)15-8-11(13(17)18-2)19-10-6-4-9(14)5-7-10/h3-7,11H,1,8H2,2H3,(H,15,16). The molecule has 5 nitrogen and oxygen atoms in total. The van der Waals surface area contributed by atoms with E-state index in [-0.39, 0.29) is 12.5 Å². The van der Waals surface area contributed by atoms with Crippen LogP contribution >= 0.6 is 15.9 Å². The van der Waals surface area contributed by atoms with Crippen LogP contribution in [0, 0.1) is 0 Å². The van der Waals surface area contributed by atoms with Crippen LogP contribution in [0.2, 0.25) is 0 Å². The molecule has 1 amide bonds. The van der Waals surface area contributed by atoms with Crippen molar-refractivity contribution in [2.45, 2.75) is 6.10 Å². The Bertz CT molecular complexity index is 458. The first-order valence-electron chi connectivity index (χ1n) is 5.47. The second kappa shape index (κ2) is 7.58. The predicted molar refractivity (Wildman–Crippen MR) is 73.8 cm³/mol. The van der Waals surface area contributed by atoms with Crippen LogP contribution in [0.4, 0.5) is 0 Å². The molecule has 0 aliphatic heterocycles. The van der Waals surface area contributed by atoms with E-state index >= 15 is 0 Å². The van der Waals surface area contributed by atoms with Crippen molar-refractivity contribution in [3.05, 3.63) is 41.4 Å². The van der Waals surface area contributed by atoms with Crippen LogP contribution in [-0.2, 0) is 14.3 Å². The Labute approximate surface area is 119 Å². The molecule has 0 spiro atoms. The fourth-order valence-electron chi connectivity index (χ4n) is 1.25. The molecule has 0 saturated carbocycles. The first-order chi connectivity index (χ1) is 9.06. The number of carbonyl (C=O) groups excluding carboxylic acids is 2. The molecule has 1 aromatic carbocycles. The molecule has 6 heteroatoms. The number of amides is 1. The smallest absolute Gasteiger partial charge is 0.348 e. The summed E-state index contributed by atoms with van der Waals surface area (Å²) in [6.07, 6.45) is 0.212. The van der Waals surface area contributed by atoms with Gasteiger partial charge < -0.3 is 14.8 Å². The second-order valence-electron chi connectivity index (χ2n) is 3.53. The number of benzene rings is 1. The predicted octanol–water partition coefficient (Wildman–Crippen LogP) is 1.67. The van der Waals surface area contributed by atoms with E-state index in [0.717, 1.165) is 10.5 Å². The van der Waals surface area contributed by atoms with Crippen molar-refractivity contribution in [1.82, 2.24) is 5.32 Å². The van der Waals surface area contributed by atoms with Crippen LogP contribution in [0.5, 0.6) is 5.75 Å². The average Bonchev–Trinajstić information content (AvgIpc) is 2.44. The van der Waals surface area contributed by atoms with Gasteiger partial charge in [0.25, 0.3) is 0 Å². The van der Waals surface area contributed by atoms with Gasteiger partial charge in [-0.05, 0) is 30.3 Å². The summed E-state index contributed by atoms with van der Waals surface area (Å²) in [6, 6.07) is 6.97. The topological polar surface area (TPSA) is 64.6 Å². The van der Waals surface area contributed by atoms with Gasteiger partial charge in [0.1, 0.15) is 5.75 Å². The molecule has 0 fully saturated rings. The van der Waals surface area contributed by atoms with Crippen molar-refractivity contribution < 1.29 is 19.1 Å². The van der Waals surface area contributed by atoms with E-state index in [4.69, 9.17) is 4.74 Å². The van der Waals surface area contributed by atoms with E-state index < -0.39 is 12.1 Å². The van der Waals surface area contributed by atoms with E-state index in [9.17, 15) is 9.59 Å². The SMILES string of the molecule is C=CC(=O)NCC(Oc1ccc(Br)cc1)C(=O)OC. The molecule has 1 N–H and O–H groups in total. The van der Waals surface area contributed by atoms with Crippen LogP contribution in [-0.4, -0.2) is 31.6 Å². The number of methoxy groups -OCH3 is 1. The molecule has 0 radical (unpaired) electrons. The van der Waals surface area contributed by atoms with E-state index in [2.05, 4.69) is 32.6 Å². The molecule has 0 aliphatic rings. The van der Waals surface area contributed by atoms with Gasteiger partial charge in [-0.1, -0.05) is 22.5 Å². The zero-order valence-corrected chi connectivity index (χ0v) is 12.0. The normalized spacial score (nSPS) is 11.3. The minimum atomic E-state index is -0.907. The Balaban J connectivity index is 2.68. The number of esters is 1. The van der Waals surface area contributed by atoms with Crippen LogP contribution < -0.4 is 10.1 Å². The number of hydrogen-bond acceptors (Lipinski definition) is 4. The summed E-state index contributed by atoms with van der Waals surface area (Å²) in [6.45, 7) is 3.33. The Morgan fingerprint density at radius 3 is 2.58 bits per heavy atom. The van der Waals surface area contributed by atoms with Crippen LogP contribution in [0.3, 0.4) is 0 Å². The van der Waals surface area contributed by atoms with Crippen LogP contribution in [0.15, 0.2) is 41.4 Å². The highest BCUT2D eigenvalue weighted by atomic mass is 79.9. The molecule has 0 aliphatic carbocycles. The molecule has 0 aromatic heterocycles. The minimum absolute atomic E-state index is 0.00753. The van der Waals surface area contributed by atoms with Crippen molar-refractivity contribution in [2.75, 3.05) is 13.7 Å². The van der Waals surface area contributed by atoms with Gasteiger partial charge >= 0.3 is 5.97 Å². The van der Waals surface area contributed by atoms with Crippen LogP contribution in [0.25, 0.3) is 0 Å². The highest BCUT2D eigenvalue weighted by Gasteiger charge is 2.21. The van der Waals surface area contributed by atoms with E-state index in [0.29, 0.717) is 5.75 Å². The summed E-state index contributed by atoms with van der Waals surface area (Å²) < 4.78 is 11.0. The molecular weight excluding hydrogens is 314 g/mol. The summed E-state index contributed by atoms with van der Waals surface area (Å²) in [7, 11) is 1.26. The summed E-state index contributed by atoms with van der Waals surface area (Å²) in [5.74, 6) is -0.438. The van der Waals surface area contributed by atoms with E-state index in [1.165, 1.54) is 7.11 Å². The number of rotatable bonds is 6. The van der Waals surface area contributed by atoms with Gasteiger partial charge in [0.2, 0.25) is 12.0 Å². The number of ether oxygens (including phenoxy) is 2. The number of carbonyl (C=O) groups is 2. The first-order valence-corrected chi connectivity index (χ1v) is 6.26.